The van der Waals surface area contributed by atoms with Crippen molar-refractivity contribution in [1.29, 1.82) is 0 Å². The van der Waals surface area contributed by atoms with Gasteiger partial charge in [0.05, 0.1) is 0 Å². The quantitative estimate of drug-likeness (QED) is 0.541. The van der Waals surface area contributed by atoms with Crippen molar-refractivity contribution >= 4 is 18.7 Å². The summed E-state index contributed by atoms with van der Waals surface area (Å²) in [5.74, 6) is 0. The third-order valence-electron chi connectivity index (χ3n) is 1.53. The van der Waals surface area contributed by atoms with Gasteiger partial charge >= 0.3 is 8.60 Å². The maximum atomic E-state index is 10.9. The molecule has 8 heteroatoms. The Labute approximate surface area is 87.9 Å². The molecule has 84 valence electrons. The molecule has 0 saturated heterocycles. The lowest BCUT2D eigenvalue weighted by Crippen LogP contribution is -2.13. The standard InChI is InChI=1S/C7H9O6PS/c8-14(9)13-7(15(10,11)12)6-4-2-1-3-5-6/h1-5,7-9H,(H,10,11,12). The molecule has 0 amide bonds. The molecule has 1 atom stereocenters. The molecule has 0 aliphatic heterocycles. The van der Waals surface area contributed by atoms with E-state index < -0.39 is 24.2 Å². The van der Waals surface area contributed by atoms with Crippen LogP contribution in [0.4, 0.5) is 0 Å². The van der Waals surface area contributed by atoms with Crippen molar-refractivity contribution in [3.8, 4) is 0 Å². The molecule has 0 aliphatic carbocycles. The summed E-state index contributed by atoms with van der Waals surface area (Å²) in [6.07, 6.45) is 0. The van der Waals surface area contributed by atoms with E-state index in [0.717, 1.165) is 0 Å². The summed E-state index contributed by atoms with van der Waals surface area (Å²) in [5.41, 5.74) is -1.66. The Morgan fingerprint density at radius 2 is 1.73 bits per heavy atom. The van der Waals surface area contributed by atoms with Crippen LogP contribution in [-0.4, -0.2) is 22.8 Å². The Balaban J connectivity index is 3.03. The summed E-state index contributed by atoms with van der Waals surface area (Å²) >= 11 is 0. The van der Waals surface area contributed by atoms with Gasteiger partial charge in [-0.3, -0.25) is 9.08 Å². The van der Waals surface area contributed by atoms with Crippen molar-refractivity contribution in [2.45, 2.75) is 5.44 Å². The van der Waals surface area contributed by atoms with Crippen LogP contribution in [0.1, 0.15) is 11.0 Å². The molecule has 0 aromatic heterocycles. The zero-order valence-corrected chi connectivity index (χ0v) is 9.10. The van der Waals surface area contributed by atoms with Crippen molar-refractivity contribution < 1.29 is 27.3 Å². The van der Waals surface area contributed by atoms with Gasteiger partial charge in [-0.25, -0.2) is 0 Å². The third-order valence-corrected chi connectivity index (χ3v) is 2.98. The molecule has 0 radical (unpaired) electrons. The fraction of sp³-hybridized carbons (Fsp3) is 0.143. The van der Waals surface area contributed by atoms with E-state index in [2.05, 4.69) is 4.52 Å². The van der Waals surface area contributed by atoms with E-state index >= 15 is 0 Å². The molecule has 0 bridgehead atoms. The summed E-state index contributed by atoms with van der Waals surface area (Å²) in [6.45, 7) is 0. The smallest absolute Gasteiger partial charge is 0.328 e. The first-order chi connectivity index (χ1) is 6.91. The van der Waals surface area contributed by atoms with Crippen LogP contribution >= 0.6 is 8.60 Å². The Bertz CT molecular complexity index is 403. The highest BCUT2D eigenvalue weighted by molar-refractivity contribution is 7.86. The van der Waals surface area contributed by atoms with E-state index in [-0.39, 0.29) is 5.56 Å². The highest BCUT2D eigenvalue weighted by Crippen LogP contribution is 2.36. The summed E-state index contributed by atoms with van der Waals surface area (Å²) in [6, 6.07) is 7.49. The van der Waals surface area contributed by atoms with Crippen molar-refractivity contribution in [2.24, 2.45) is 0 Å². The molecule has 0 aliphatic rings. The SMILES string of the molecule is O=S(=O)(O)C(OP(O)O)c1ccccc1. The zero-order valence-electron chi connectivity index (χ0n) is 7.39. The normalized spacial score (nSPS) is 14.1. The van der Waals surface area contributed by atoms with Crippen molar-refractivity contribution in [3.05, 3.63) is 35.9 Å². The van der Waals surface area contributed by atoms with Gasteiger partial charge in [-0.15, -0.1) is 0 Å². The predicted octanol–water partition coefficient (Wildman–Crippen LogP) is 0.801. The second-order valence-corrected chi connectivity index (χ2v) is 4.79. The maximum Gasteiger partial charge on any atom is 0.328 e. The van der Waals surface area contributed by atoms with Crippen molar-refractivity contribution in [1.82, 2.24) is 0 Å². The average molecular weight is 252 g/mol. The zero-order chi connectivity index (χ0) is 11.5. The van der Waals surface area contributed by atoms with Gasteiger partial charge < -0.3 is 9.79 Å². The van der Waals surface area contributed by atoms with Crippen LogP contribution in [0.2, 0.25) is 0 Å². The number of rotatable bonds is 4. The minimum absolute atomic E-state index is 0.121. The molecule has 0 saturated carbocycles. The van der Waals surface area contributed by atoms with E-state index in [1.54, 1.807) is 6.07 Å². The minimum atomic E-state index is -4.54. The van der Waals surface area contributed by atoms with Crippen LogP contribution in [0.25, 0.3) is 0 Å². The first-order valence-electron chi connectivity index (χ1n) is 3.77. The van der Waals surface area contributed by atoms with Gasteiger partial charge in [0, 0.05) is 0 Å². The maximum absolute atomic E-state index is 10.9. The lowest BCUT2D eigenvalue weighted by atomic mass is 10.2. The van der Waals surface area contributed by atoms with E-state index in [9.17, 15) is 8.42 Å². The van der Waals surface area contributed by atoms with Gasteiger partial charge in [0.15, 0.2) is 0 Å². The number of hydrogen-bond donors (Lipinski definition) is 3. The summed E-state index contributed by atoms with van der Waals surface area (Å²) in [7, 11) is -7.41. The minimum Gasteiger partial charge on any atom is -0.328 e. The Morgan fingerprint density at radius 3 is 2.13 bits per heavy atom. The van der Waals surface area contributed by atoms with Gasteiger partial charge in [-0.2, -0.15) is 8.42 Å². The van der Waals surface area contributed by atoms with Crippen molar-refractivity contribution in [3.63, 3.8) is 0 Å². The first-order valence-corrected chi connectivity index (χ1v) is 6.44. The van der Waals surface area contributed by atoms with Gasteiger partial charge in [-0.1, -0.05) is 30.3 Å². The van der Waals surface area contributed by atoms with Crippen LogP contribution in [0.3, 0.4) is 0 Å². The van der Waals surface area contributed by atoms with E-state index in [1.165, 1.54) is 24.3 Å². The molecule has 0 spiro atoms. The monoisotopic (exact) mass is 252 g/mol. The highest BCUT2D eigenvalue weighted by Gasteiger charge is 2.28. The van der Waals surface area contributed by atoms with Crippen LogP contribution in [-0.2, 0) is 14.6 Å². The van der Waals surface area contributed by atoms with Gasteiger partial charge in [0.25, 0.3) is 10.1 Å². The van der Waals surface area contributed by atoms with Gasteiger partial charge in [0.1, 0.15) is 0 Å². The topological polar surface area (TPSA) is 104 Å². The Kier molecular flexibility index (Phi) is 4.15. The van der Waals surface area contributed by atoms with E-state index in [4.69, 9.17) is 14.3 Å². The molecular formula is C7H9O6PS. The molecule has 1 aromatic carbocycles. The third kappa shape index (κ3) is 3.83. The van der Waals surface area contributed by atoms with Crippen LogP contribution in [0.15, 0.2) is 30.3 Å². The number of hydrogen-bond acceptors (Lipinski definition) is 5. The van der Waals surface area contributed by atoms with Gasteiger partial charge in [-0.05, 0) is 5.56 Å². The van der Waals surface area contributed by atoms with Crippen LogP contribution in [0.5, 0.6) is 0 Å². The summed E-state index contributed by atoms with van der Waals surface area (Å²) < 4.78 is 34.9. The Morgan fingerprint density at radius 1 is 1.20 bits per heavy atom. The highest BCUT2D eigenvalue weighted by atomic mass is 32.2. The molecule has 0 fully saturated rings. The van der Waals surface area contributed by atoms with E-state index in [0.29, 0.717) is 0 Å². The molecule has 1 aromatic rings. The van der Waals surface area contributed by atoms with Crippen LogP contribution < -0.4 is 0 Å². The second-order valence-electron chi connectivity index (χ2n) is 2.62. The molecule has 1 rings (SSSR count). The lowest BCUT2D eigenvalue weighted by molar-refractivity contribution is 0.218. The molecule has 6 nitrogen and oxygen atoms in total. The second kappa shape index (κ2) is 4.98. The number of benzene rings is 1. The molecule has 3 N–H and O–H groups in total. The van der Waals surface area contributed by atoms with E-state index in [1.807, 2.05) is 0 Å². The van der Waals surface area contributed by atoms with Crippen molar-refractivity contribution in [2.75, 3.05) is 0 Å². The molecule has 15 heavy (non-hydrogen) atoms. The first kappa shape index (κ1) is 12.5. The summed E-state index contributed by atoms with van der Waals surface area (Å²) in [4.78, 5) is 17.1. The largest absolute Gasteiger partial charge is 0.328 e. The molecule has 0 heterocycles. The van der Waals surface area contributed by atoms with Crippen LogP contribution in [0, 0.1) is 0 Å². The predicted molar refractivity (Wildman–Crippen MR) is 53.2 cm³/mol. The lowest BCUT2D eigenvalue weighted by Gasteiger charge is -2.14. The fourth-order valence-corrected chi connectivity index (χ4v) is 2.44. The Hall–Kier alpha value is -0.560. The average Bonchev–Trinajstić information content (AvgIpc) is 2.14. The summed E-state index contributed by atoms with van der Waals surface area (Å²) in [5, 5.41) is 0. The molecular weight excluding hydrogens is 243 g/mol. The fourth-order valence-electron chi connectivity index (χ4n) is 0.983. The molecule has 1 unspecified atom stereocenters. The van der Waals surface area contributed by atoms with Gasteiger partial charge in [0.2, 0.25) is 5.44 Å².